The minimum absolute atomic E-state index is 0.0297. The van der Waals surface area contributed by atoms with Crippen molar-refractivity contribution < 1.29 is 19.5 Å². The molecule has 7 heteroatoms. The molecule has 0 radical (unpaired) electrons. The standard InChI is InChI=1S/C23H39N3O4/c1-8-9-14-10-11-15-18(17(14)20(28)24-7)22(30)26(16(12-27)13(2)3)19(15)21(29)25-23(4,5)6/h10-11,13-19,27H,8-9,12H2,1-7H3,(H,24,28)(H,25,29)/t14-,15+,16+,17-,18-,19+/m1/s1. The molecule has 2 rings (SSSR count). The lowest BCUT2D eigenvalue weighted by Gasteiger charge is -2.36. The van der Waals surface area contributed by atoms with Gasteiger partial charge in [-0.25, -0.2) is 0 Å². The van der Waals surface area contributed by atoms with E-state index in [9.17, 15) is 19.5 Å². The smallest absolute Gasteiger partial charge is 0.243 e. The van der Waals surface area contributed by atoms with E-state index in [2.05, 4.69) is 17.6 Å². The number of rotatable bonds is 7. The number of fused-ring (bicyclic) bond motifs is 1. The molecule has 0 unspecified atom stereocenters. The van der Waals surface area contributed by atoms with Crippen LogP contribution in [0.25, 0.3) is 0 Å². The van der Waals surface area contributed by atoms with Crippen molar-refractivity contribution in [2.45, 2.75) is 72.0 Å². The van der Waals surface area contributed by atoms with Crippen LogP contribution >= 0.6 is 0 Å². The third-order valence-electron chi connectivity index (χ3n) is 6.30. The van der Waals surface area contributed by atoms with E-state index in [1.54, 1.807) is 11.9 Å². The predicted molar refractivity (Wildman–Crippen MR) is 116 cm³/mol. The molecule has 170 valence electrons. The van der Waals surface area contributed by atoms with Crippen LogP contribution in [0.2, 0.25) is 0 Å². The van der Waals surface area contributed by atoms with Gasteiger partial charge in [0, 0.05) is 18.5 Å². The topological polar surface area (TPSA) is 98.7 Å². The molecule has 2 aliphatic rings. The third kappa shape index (κ3) is 4.71. The van der Waals surface area contributed by atoms with Crippen LogP contribution in [-0.2, 0) is 14.4 Å². The number of nitrogens with one attached hydrogen (secondary N) is 2. The Morgan fingerprint density at radius 1 is 1.20 bits per heavy atom. The largest absolute Gasteiger partial charge is 0.394 e. The van der Waals surface area contributed by atoms with Gasteiger partial charge in [0.05, 0.1) is 24.5 Å². The van der Waals surface area contributed by atoms with Crippen LogP contribution < -0.4 is 10.6 Å². The van der Waals surface area contributed by atoms with Crippen molar-refractivity contribution in [3.05, 3.63) is 12.2 Å². The molecule has 0 saturated carbocycles. The summed E-state index contributed by atoms with van der Waals surface area (Å²) in [6.45, 7) is 11.4. The minimum Gasteiger partial charge on any atom is -0.394 e. The SMILES string of the molecule is CCC[C@@H]1C=C[C@H]2[C@@H](C(=O)N([C@@H](CO)C(C)C)[C@@H]2C(=O)NC(C)(C)C)[C@@H]1C(=O)NC. The van der Waals surface area contributed by atoms with Gasteiger partial charge in [0.15, 0.2) is 0 Å². The zero-order valence-electron chi connectivity index (χ0n) is 19.4. The molecule has 1 fully saturated rings. The lowest BCUT2D eigenvalue weighted by atomic mass is 9.68. The van der Waals surface area contributed by atoms with Crippen LogP contribution in [0.3, 0.4) is 0 Å². The summed E-state index contributed by atoms with van der Waals surface area (Å²) >= 11 is 0. The fourth-order valence-corrected chi connectivity index (χ4v) is 5.00. The summed E-state index contributed by atoms with van der Waals surface area (Å²) in [7, 11) is 1.59. The Kier molecular flexibility index (Phi) is 7.72. The third-order valence-corrected chi connectivity index (χ3v) is 6.30. The molecule has 3 N–H and O–H groups in total. The van der Waals surface area contributed by atoms with E-state index < -0.39 is 35.4 Å². The lowest BCUT2D eigenvalue weighted by Crippen LogP contribution is -2.56. The molecule has 0 aromatic heterocycles. The Bertz CT molecular complexity index is 682. The van der Waals surface area contributed by atoms with Crippen molar-refractivity contribution in [1.82, 2.24) is 15.5 Å². The molecule has 1 saturated heterocycles. The number of nitrogens with zero attached hydrogens (tertiary/aromatic N) is 1. The zero-order chi connectivity index (χ0) is 22.8. The van der Waals surface area contributed by atoms with Crippen LogP contribution in [0.4, 0.5) is 0 Å². The van der Waals surface area contributed by atoms with Crippen molar-refractivity contribution in [3.8, 4) is 0 Å². The fourth-order valence-electron chi connectivity index (χ4n) is 5.00. The van der Waals surface area contributed by atoms with Gasteiger partial charge in [-0.05, 0) is 39.0 Å². The molecule has 6 atom stereocenters. The Balaban J connectivity index is 2.57. The first-order valence-electron chi connectivity index (χ1n) is 11.1. The maximum atomic E-state index is 13.7. The summed E-state index contributed by atoms with van der Waals surface area (Å²) in [4.78, 5) is 41.5. The van der Waals surface area contributed by atoms with E-state index in [-0.39, 0.29) is 36.2 Å². The highest BCUT2D eigenvalue weighted by Gasteiger charge is 2.58. The van der Waals surface area contributed by atoms with Gasteiger partial charge in [0.1, 0.15) is 6.04 Å². The van der Waals surface area contributed by atoms with Crippen LogP contribution in [0, 0.1) is 29.6 Å². The number of amides is 3. The number of allylic oxidation sites excluding steroid dienone is 1. The van der Waals surface area contributed by atoms with E-state index in [1.807, 2.05) is 46.8 Å². The molecule has 0 spiro atoms. The van der Waals surface area contributed by atoms with Crippen LogP contribution in [0.15, 0.2) is 12.2 Å². The molecule has 1 aliphatic carbocycles. The summed E-state index contributed by atoms with van der Waals surface area (Å²) in [6.07, 6.45) is 5.68. The van der Waals surface area contributed by atoms with Crippen molar-refractivity contribution in [2.75, 3.05) is 13.7 Å². The maximum Gasteiger partial charge on any atom is 0.243 e. The summed E-state index contributed by atoms with van der Waals surface area (Å²) in [5.74, 6) is -2.20. The van der Waals surface area contributed by atoms with Gasteiger partial charge in [-0.1, -0.05) is 39.3 Å². The lowest BCUT2D eigenvalue weighted by molar-refractivity contribution is -0.144. The monoisotopic (exact) mass is 421 g/mol. The van der Waals surface area contributed by atoms with Gasteiger partial charge in [-0.15, -0.1) is 0 Å². The minimum atomic E-state index is -0.743. The molecule has 0 aromatic rings. The second kappa shape index (κ2) is 9.50. The summed E-state index contributed by atoms with van der Waals surface area (Å²) in [5, 5.41) is 15.8. The number of hydrogen-bond donors (Lipinski definition) is 3. The maximum absolute atomic E-state index is 13.7. The van der Waals surface area contributed by atoms with Crippen molar-refractivity contribution in [2.24, 2.45) is 29.6 Å². The van der Waals surface area contributed by atoms with Crippen molar-refractivity contribution in [1.29, 1.82) is 0 Å². The van der Waals surface area contributed by atoms with Crippen LogP contribution in [0.1, 0.15) is 54.4 Å². The van der Waals surface area contributed by atoms with E-state index >= 15 is 0 Å². The summed E-state index contributed by atoms with van der Waals surface area (Å²) < 4.78 is 0. The fraction of sp³-hybridized carbons (Fsp3) is 0.783. The average Bonchev–Trinajstić information content (AvgIpc) is 2.93. The first kappa shape index (κ1) is 24.4. The average molecular weight is 422 g/mol. The number of aliphatic hydroxyl groups excluding tert-OH is 1. The first-order valence-corrected chi connectivity index (χ1v) is 11.1. The summed E-state index contributed by atoms with van der Waals surface area (Å²) in [5.41, 5.74) is -0.459. The van der Waals surface area contributed by atoms with Crippen LogP contribution in [-0.4, -0.2) is 59.0 Å². The second-order valence-corrected chi connectivity index (χ2v) is 10.0. The highest BCUT2D eigenvalue weighted by Crippen LogP contribution is 2.46. The molecule has 0 bridgehead atoms. The molecule has 3 amide bonds. The molecular weight excluding hydrogens is 382 g/mol. The molecule has 1 heterocycles. The van der Waals surface area contributed by atoms with Gasteiger partial charge in [-0.2, -0.15) is 0 Å². The predicted octanol–water partition coefficient (Wildman–Crippen LogP) is 1.71. The van der Waals surface area contributed by atoms with Crippen molar-refractivity contribution in [3.63, 3.8) is 0 Å². The van der Waals surface area contributed by atoms with Gasteiger partial charge >= 0.3 is 0 Å². The first-order chi connectivity index (χ1) is 14.0. The van der Waals surface area contributed by atoms with E-state index in [4.69, 9.17) is 0 Å². The van der Waals surface area contributed by atoms with Gasteiger partial charge in [-0.3, -0.25) is 14.4 Å². The van der Waals surface area contributed by atoms with E-state index in [0.717, 1.165) is 12.8 Å². The quantitative estimate of drug-likeness (QED) is 0.545. The van der Waals surface area contributed by atoms with E-state index in [1.165, 1.54) is 0 Å². The second-order valence-electron chi connectivity index (χ2n) is 10.0. The van der Waals surface area contributed by atoms with E-state index in [0.29, 0.717) is 0 Å². The molecular formula is C23H39N3O4. The number of hydrogen-bond acceptors (Lipinski definition) is 4. The Labute approximate surface area is 180 Å². The highest BCUT2D eigenvalue weighted by atomic mass is 16.3. The molecule has 0 aromatic carbocycles. The Hall–Kier alpha value is -1.89. The zero-order valence-corrected chi connectivity index (χ0v) is 19.4. The van der Waals surface area contributed by atoms with Crippen LogP contribution in [0.5, 0.6) is 0 Å². The number of likely N-dealkylation sites (tertiary alicyclic amines) is 1. The summed E-state index contributed by atoms with van der Waals surface area (Å²) in [6, 6.07) is -1.23. The molecule has 30 heavy (non-hydrogen) atoms. The Morgan fingerprint density at radius 3 is 2.30 bits per heavy atom. The number of carbonyl (C=O) groups excluding carboxylic acids is 3. The number of aliphatic hydroxyl groups is 1. The number of carbonyl (C=O) groups is 3. The normalized spacial score (nSPS) is 29.7. The van der Waals surface area contributed by atoms with Gasteiger partial charge < -0.3 is 20.6 Å². The molecule has 1 aliphatic heterocycles. The van der Waals surface area contributed by atoms with Gasteiger partial charge in [0.25, 0.3) is 0 Å². The highest BCUT2D eigenvalue weighted by molar-refractivity contribution is 5.97. The Morgan fingerprint density at radius 2 is 1.83 bits per heavy atom. The molecule has 7 nitrogen and oxygen atoms in total. The van der Waals surface area contributed by atoms with Crippen molar-refractivity contribution >= 4 is 17.7 Å². The van der Waals surface area contributed by atoms with Gasteiger partial charge in [0.2, 0.25) is 17.7 Å².